The highest BCUT2D eigenvalue weighted by Gasteiger charge is 2.51. The number of amides is 1. The predicted octanol–water partition coefficient (Wildman–Crippen LogP) is -0.129. The van der Waals surface area contributed by atoms with E-state index in [2.05, 4.69) is 0 Å². The van der Waals surface area contributed by atoms with E-state index in [1.807, 2.05) is 5.32 Å². The molecule has 56 valence electrons. The van der Waals surface area contributed by atoms with Gasteiger partial charge in [0.15, 0.2) is 0 Å². The summed E-state index contributed by atoms with van der Waals surface area (Å²) in [5, 5.41) is 18.5. The summed E-state index contributed by atoms with van der Waals surface area (Å²) in [5.41, 5.74) is -1.16. The second kappa shape index (κ2) is 1.86. The summed E-state index contributed by atoms with van der Waals surface area (Å²) in [6, 6.07) is 0. The molecule has 0 saturated heterocycles. The minimum Gasteiger partial charge on any atom is -0.480 e. The number of rotatable bonds is 2. The van der Waals surface area contributed by atoms with Crippen LogP contribution in [0.5, 0.6) is 0 Å². The maximum Gasteiger partial charge on any atom is 0.405 e. The molecule has 0 aromatic heterocycles. The summed E-state index contributed by atoms with van der Waals surface area (Å²) in [4.78, 5) is 20.3. The lowest BCUT2D eigenvalue weighted by molar-refractivity contribution is -0.140. The van der Waals surface area contributed by atoms with Crippen LogP contribution in [0.25, 0.3) is 0 Å². The van der Waals surface area contributed by atoms with Gasteiger partial charge in [-0.25, -0.2) is 9.59 Å². The number of hydrogen-bond donors (Lipinski definition) is 3. The van der Waals surface area contributed by atoms with E-state index in [0.717, 1.165) is 0 Å². The van der Waals surface area contributed by atoms with Crippen LogP contribution in [-0.2, 0) is 4.79 Å². The minimum absolute atomic E-state index is 0.397. The highest BCUT2D eigenvalue weighted by molar-refractivity contribution is 5.86. The average Bonchev–Trinajstić information content (AvgIpc) is 2.46. The lowest BCUT2D eigenvalue weighted by atomic mass is 10.3. The van der Waals surface area contributed by atoms with Gasteiger partial charge in [-0.2, -0.15) is 0 Å². The predicted molar refractivity (Wildman–Crippen MR) is 30.8 cm³/mol. The molecule has 0 heterocycles. The Labute approximate surface area is 56.7 Å². The molecule has 0 atom stereocenters. The molecule has 1 amide bonds. The fourth-order valence-corrected chi connectivity index (χ4v) is 0.722. The molecule has 5 nitrogen and oxygen atoms in total. The molecule has 1 saturated carbocycles. The smallest absolute Gasteiger partial charge is 0.405 e. The van der Waals surface area contributed by atoms with Crippen LogP contribution in [0, 0.1) is 0 Å². The largest absolute Gasteiger partial charge is 0.480 e. The molecular formula is C5H7NO4. The second-order valence-corrected chi connectivity index (χ2v) is 2.32. The van der Waals surface area contributed by atoms with Crippen molar-refractivity contribution in [2.45, 2.75) is 18.4 Å². The quantitative estimate of drug-likeness (QED) is 0.505. The average molecular weight is 145 g/mol. The molecule has 0 bridgehead atoms. The maximum absolute atomic E-state index is 10.3. The van der Waals surface area contributed by atoms with Crippen LogP contribution in [-0.4, -0.2) is 27.8 Å². The number of carbonyl (C=O) groups is 2. The van der Waals surface area contributed by atoms with Crippen LogP contribution in [0.15, 0.2) is 0 Å². The molecule has 1 rings (SSSR count). The van der Waals surface area contributed by atoms with Crippen molar-refractivity contribution in [3.63, 3.8) is 0 Å². The minimum atomic E-state index is -1.28. The Balaban J connectivity index is 2.53. The Morgan fingerprint density at radius 3 is 1.90 bits per heavy atom. The monoisotopic (exact) mass is 145 g/mol. The van der Waals surface area contributed by atoms with Gasteiger partial charge < -0.3 is 15.5 Å². The fraction of sp³-hybridized carbons (Fsp3) is 0.600. The van der Waals surface area contributed by atoms with E-state index in [1.165, 1.54) is 0 Å². The number of carboxylic acids is 1. The van der Waals surface area contributed by atoms with Crippen LogP contribution < -0.4 is 5.32 Å². The molecule has 0 spiro atoms. The highest BCUT2D eigenvalue weighted by Crippen LogP contribution is 2.35. The third kappa shape index (κ3) is 1.02. The first-order valence-corrected chi connectivity index (χ1v) is 2.81. The Bertz CT molecular complexity index is 184. The number of aliphatic carboxylic acids is 1. The van der Waals surface area contributed by atoms with Gasteiger partial charge in [-0.1, -0.05) is 0 Å². The highest BCUT2D eigenvalue weighted by atomic mass is 16.4. The van der Waals surface area contributed by atoms with Gasteiger partial charge in [0.1, 0.15) is 5.54 Å². The van der Waals surface area contributed by atoms with Gasteiger partial charge >= 0.3 is 12.1 Å². The molecule has 0 radical (unpaired) electrons. The number of carboxylic acid groups (broad SMARTS) is 2. The normalized spacial score (nSPS) is 19.6. The zero-order valence-corrected chi connectivity index (χ0v) is 5.13. The van der Waals surface area contributed by atoms with Crippen LogP contribution in [0.4, 0.5) is 4.79 Å². The summed E-state index contributed by atoms with van der Waals surface area (Å²) in [7, 11) is 0. The van der Waals surface area contributed by atoms with Crippen LogP contribution >= 0.6 is 0 Å². The van der Waals surface area contributed by atoms with Crippen molar-refractivity contribution in [3.8, 4) is 0 Å². The molecule has 1 aliphatic carbocycles. The molecule has 0 aromatic rings. The van der Waals surface area contributed by atoms with Crippen molar-refractivity contribution in [1.29, 1.82) is 0 Å². The lowest BCUT2D eigenvalue weighted by Crippen LogP contribution is -2.42. The molecule has 10 heavy (non-hydrogen) atoms. The van der Waals surface area contributed by atoms with Crippen molar-refractivity contribution >= 4 is 12.1 Å². The Hall–Kier alpha value is -1.26. The van der Waals surface area contributed by atoms with E-state index in [0.29, 0.717) is 12.8 Å². The molecule has 5 heteroatoms. The Kier molecular flexibility index (Phi) is 1.28. The van der Waals surface area contributed by atoms with Gasteiger partial charge in [0.05, 0.1) is 0 Å². The first-order chi connectivity index (χ1) is 4.57. The van der Waals surface area contributed by atoms with Crippen molar-refractivity contribution in [2.75, 3.05) is 0 Å². The van der Waals surface area contributed by atoms with Crippen molar-refractivity contribution in [2.24, 2.45) is 0 Å². The van der Waals surface area contributed by atoms with Crippen LogP contribution in [0.3, 0.4) is 0 Å². The lowest BCUT2D eigenvalue weighted by Gasteiger charge is -2.07. The summed E-state index contributed by atoms with van der Waals surface area (Å²) < 4.78 is 0. The first kappa shape index (κ1) is 6.85. The van der Waals surface area contributed by atoms with Gasteiger partial charge in [-0.3, -0.25) is 0 Å². The zero-order valence-electron chi connectivity index (χ0n) is 5.13. The zero-order chi connectivity index (χ0) is 7.78. The van der Waals surface area contributed by atoms with Crippen molar-refractivity contribution in [3.05, 3.63) is 0 Å². The SMILES string of the molecule is O=C(O)NC1(C(=O)O)CC1. The van der Waals surface area contributed by atoms with E-state index in [1.54, 1.807) is 0 Å². The van der Waals surface area contributed by atoms with Crippen LogP contribution in [0.2, 0.25) is 0 Å². The maximum atomic E-state index is 10.3. The third-order valence-electron chi connectivity index (χ3n) is 1.51. The van der Waals surface area contributed by atoms with E-state index in [-0.39, 0.29) is 0 Å². The van der Waals surface area contributed by atoms with E-state index in [4.69, 9.17) is 10.2 Å². The summed E-state index contributed by atoms with van der Waals surface area (Å²) in [6.07, 6.45) is -0.483. The molecule has 0 unspecified atom stereocenters. The van der Waals surface area contributed by atoms with Gasteiger partial charge in [-0.05, 0) is 12.8 Å². The number of nitrogens with one attached hydrogen (secondary N) is 1. The molecule has 3 N–H and O–H groups in total. The topological polar surface area (TPSA) is 86.6 Å². The fourth-order valence-electron chi connectivity index (χ4n) is 0.722. The molecular weight excluding hydrogens is 138 g/mol. The standard InChI is InChI=1S/C5H7NO4/c7-3(8)5(1-2-5)6-4(9)10/h6H,1-2H2,(H,7,8)(H,9,10). The van der Waals surface area contributed by atoms with Gasteiger partial charge in [-0.15, -0.1) is 0 Å². The third-order valence-corrected chi connectivity index (χ3v) is 1.51. The van der Waals surface area contributed by atoms with E-state index >= 15 is 0 Å². The van der Waals surface area contributed by atoms with Crippen LogP contribution in [0.1, 0.15) is 12.8 Å². The molecule has 0 aliphatic heterocycles. The summed E-state index contributed by atoms with van der Waals surface area (Å²) >= 11 is 0. The van der Waals surface area contributed by atoms with Crippen molar-refractivity contribution in [1.82, 2.24) is 5.32 Å². The summed E-state index contributed by atoms with van der Waals surface area (Å²) in [5.74, 6) is -1.09. The first-order valence-electron chi connectivity index (χ1n) is 2.81. The van der Waals surface area contributed by atoms with E-state index < -0.39 is 17.6 Å². The number of hydrogen-bond acceptors (Lipinski definition) is 2. The molecule has 1 aliphatic rings. The van der Waals surface area contributed by atoms with Gasteiger partial charge in [0.25, 0.3) is 0 Å². The molecule has 1 fully saturated rings. The Morgan fingerprint density at radius 1 is 1.30 bits per heavy atom. The molecule has 0 aromatic carbocycles. The summed E-state index contributed by atoms with van der Waals surface area (Å²) in [6.45, 7) is 0. The Morgan fingerprint density at radius 2 is 1.80 bits per heavy atom. The van der Waals surface area contributed by atoms with Gasteiger partial charge in [0, 0.05) is 0 Å². The van der Waals surface area contributed by atoms with Gasteiger partial charge in [0.2, 0.25) is 0 Å². The van der Waals surface area contributed by atoms with E-state index in [9.17, 15) is 9.59 Å². The van der Waals surface area contributed by atoms with Crippen molar-refractivity contribution < 1.29 is 19.8 Å². The second-order valence-electron chi connectivity index (χ2n) is 2.32.